The lowest BCUT2D eigenvalue weighted by Crippen LogP contribution is -2.35. The van der Waals surface area contributed by atoms with Crippen LogP contribution in [0.1, 0.15) is 32.1 Å². The van der Waals surface area contributed by atoms with E-state index in [2.05, 4.69) is 10.3 Å². The van der Waals surface area contributed by atoms with Gasteiger partial charge in [0.15, 0.2) is 0 Å². The Labute approximate surface area is 124 Å². The van der Waals surface area contributed by atoms with Gasteiger partial charge >= 0.3 is 0 Å². The standard InChI is InChI=1S/C17H21N3O/c18-15-7-3-1-5-12(15)10-17(21)20-14-9-13-6-2-4-8-16(13)19-11-14/h2,4,6,8-9,11-12,15H,1,3,5,7,10,18H2,(H,20,21). The van der Waals surface area contributed by atoms with E-state index in [0.717, 1.165) is 29.4 Å². The average molecular weight is 283 g/mol. The summed E-state index contributed by atoms with van der Waals surface area (Å²) in [5, 5.41) is 3.98. The number of benzene rings is 1. The Kier molecular flexibility index (Phi) is 4.15. The highest BCUT2D eigenvalue weighted by molar-refractivity contribution is 5.93. The summed E-state index contributed by atoms with van der Waals surface area (Å²) in [5.41, 5.74) is 7.79. The van der Waals surface area contributed by atoms with E-state index in [9.17, 15) is 4.79 Å². The van der Waals surface area contributed by atoms with Gasteiger partial charge in [-0.25, -0.2) is 0 Å². The van der Waals surface area contributed by atoms with E-state index >= 15 is 0 Å². The van der Waals surface area contributed by atoms with Crippen molar-refractivity contribution in [1.29, 1.82) is 0 Å². The molecular weight excluding hydrogens is 262 g/mol. The summed E-state index contributed by atoms with van der Waals surface area (Å²) in [6, 6.07) is 10.0. The largest absolute Gasteiger partial charge is 0.327 e. The molecule has 3 N–H and O–H groups in total. The lowest BCUT2D eigenvalue weighted by Gasteiger charge is -2.27. The van der Waals surface area contributed by atoms with Crippen molar-refractivity contribution in [3.8, 4) is 0 Å². The molecule has 1 amide bonds. The number of nitrogens with zero attached hydrogens (tertiary/aromatic N) is 1. The first kappa shape index (κ1) is 14.0. The highest BCUT2D eigenvalue weighted by atomic mass is 16.1. The van der Waals surface area contributed by atoms with Gasteiger partial charge in [-0.1, -0.05) is 31.0 Å². The summed E-state index contributed by atoms with van der Waals surface area (Å²) in [7, 11) is 0. The number of aromatic nitrogens is 1. The second-order valence-electron chi connectivity index (χ2n) is 5.88. The van der Waals surface area contributed by atoms with Crippen molar-refractivity contribution in [1.82, 2.24) is 4.98 Å². The van der Waals surface area contributed by atoms with Gasteiger partial charge < -0.3 is 11.1 Å². The molecule has 1 fully saturated rings. The highest BCUT2D eigenvalue weighted by Crippen LogP contribution is 2.26. The minimum atomic E-state index is 0.0365. The molecule has 2 aromatic rings. The molecule has 2 atom stereocenters. The first-order chi connectivity index (χ1) is 10.2. The van der Waals surface area contributed by atoms with Crippen LogP contribution >= 0.6 is 0 Å². The molecule has 1 heterocycles. The first-order valence-electron chi connectivity index (χ1n) is 7.62. The lowest BCUT2D eigenvalue weighted by atomic mass is 9.83. The maximum atomic E-state index is 12.2. The van der Waals surface area contributed by atoms with Crippen LogP contribution in [0.3, 0.4) is 0 Å². The summed E-state index contributed by atoms with van der Waals surface area (Å²) in [4.78, 5) is 16.5. The normalized spacial score (nSPS) is 22.1. The number of carbonyl (C=O) groups is 1. The summed E-state index contributed by atoms with van der Waals surface area (Å²) in [6.45, 7) is 0. The molecule has 0 bridgehead atoms. The Bertz CT molecular complexity index is 641. The maximum Gasteiger partial charge on any atom is 0.224 e. The van der Waals surface area contributed by atoms with Gasteiger partial charge in [-0.15, -0.1) is 0 Å². The predicted molar refractivity (Wildman–Crippen MR) is 84.9 cm³/mol. The predicted octanol–water partition coefficient (Wildman–Crippen LogP) is 3.08. The molecule has 0 radical (unpaired) electrons. The number of carbonyl (C=O) groups excluding carboxylic acids is 1. The molecule has 4 nitrogen and oxygen atoms in total. The Morgan fingerprint density at radius 1 is 1.29 bits per heavy atom. The van der Waals surface area contributed by atoms with Crippen LogP contribution in [0.4, 0.5) is 5.69 Å². The zero-order valence-corrected chi connectivity index (χ0v) is 12.1. The minimum absolute atomic E-state index is 0.0365. The van der Waals surface area contributed by atoms with E-state index in [1.54, 1.807) is 6.20 Å². The number of hydrogen-bond acceptors (Lipinski definition) is 3. The molecule has 1 aromatic carbocycles. The molecule has 21 heavy (non-hydrogen) atoms. The quantitative estimate of drug-likeness (QED) is 0.909. The molecule has 0 saturated heterocycles. The van der Waals surface area contributed by atoms with Gasteiger partial charge in [-0.2, -0.15) is 0 Å². The monoisotopic (exact) mass is 283 g/mol. The number of rotatable bonds is 3. The van der Waals surface area contributed by atoms with Crippen LogP contribution < -0.4 is 11.1 Å². The minimum Gasteiger partial charge on any atom is -0.327 e. The van der Waals surface area contributed by atoms with Crippen LogP contribution in [0.2, 0.25) is 0 Å². The number of para-hydroxylation sites is 1. The number of fused-ring (bicyclic) bond motifs is 1. The maximum absolute atomic E-state index is 12.2. The van der Waals surface area contributed by atoms with Gasteiger partial charge in [0.25, 0.3) is 0 Å². The van der Waals surface area contributed by atoms with Crippen LogP contribution in [-0.4, -0.2) is 16.9 Å². The van der Waals surface area contributed by atoms with Crippen molar-refractivity contribution in [2.75, 3.05) is 5.32 Å². The summed E-state index contributed by atoms with van der Waals surface area (Å²) in [5.74, 6) is 0.349. The third-order valence-electron chi connectivity index (χ3n) is 4.29. The average Bonchev–Trinajstić information content (AvgIpc) is 2.49. The Balaban J connectivity index is 1.65. The van der Waals surface area contributed by atoms with Gasteiger partial charge in [0, 0.05) is 17.8 Å². The zero-order chi connectivity index (χ0) is 14.7. The zero-order valence-electron chi connectivity index (χ0n) is 12.1. The first-order valence-corrected chi connectivity index (χ1v) is 7.62. The molecule has 0 aliphatic heterocycles. The second kappa shape index (κ2) is 6.22. The van der Waals surface area contributed by atoms with E-state index in [4.69, 9.17) is 5.73 Å². The molecule has 2 unspecified atom stereocenters. The van der Waals surface area contributed by atoms with Crippen LogP contribution in [-0.2, 0) is 4.79 Å². The van der Waals surface area contributed by atoms with Crippen molar-refractivity contribution >= 4 is 22.5 Å². The molecule has 1 aliphatic rings. The van der Waals surface area contributed by atoms with Crippen LogP contribution in [0, 0.1) is 5.92 Å². The highest BCUT2D eigenvalue weighted by Gasteiger charge is 2.24. The molecule has 0 spiro atoms. The van der Waals surface area contributed by atoms with Gasteiger partial charge in [0.2, 0.25) is 5.91 Å². The fourth-order valence-corrected chi connectivity index (χ4v) is 3.08. The van der Waals surface area contributed by atoms with E-state index in [0.29, 0.717) is 12.3 Å². The number of hydrogen-bond donors (Lipinski definition) is 2. The smallest absolute Gasteiger partial charge is 0.224 e. The second-order valence-corrected chi connectivity index (χ2v) is 5.88. The summed E-state index contributed by atoms with van der Waals surface area (Å²) >= 11 is 0. The van der Waals surface area contributed by atoms with Crippen molar-refractivity contribution in [3.63, 3.8) is 0 Å². The van der Waals surface area contributed by atoms with Gasteiger partial charge in [0.05, 0.1) is 17.4 Å². The Morgan fingerprint density at radius 2 is 2.10 bits per heavy atom. The Hall–Kier alpha value is -1.94. The number of amides is 1. The molecular formula is C17H21N3O. The number of anilines is 1. The van der Waals surface area contributed by atoms with Crippen molar-refractivity contribution < 1.29 is 4.79 Å². The van der Waals surface area contributed by atoms with E-state index in [1.807, 2.05) is 30.3 Å². The third kappa shape index (κ3) is 3.39. The number of pyridine rings is 1. The van der Waals surface area contributed by atoms with Crippen molar-refractivity contribution in [2.24, 2.45) is 11.7 Å². The van der Waals surface area contributed by atoms with Crippen molar-refractivity contribution in [3.05, 3.63) is 36.5 Å². The van der Waals surface area contributed by atoms with Crippen molar-refractivity contribution in [2.45, 2.75) is 38.1 Å². The van der Waals surface area contributed by atoms with Crippen LogP contribution in [0.25, 0.3) is 10.9 Å². The van der Waals surface area contributed by atoms with Gasteiger partial charge in [0.1, 0.15) is 0 Å². The van der Waals surface area contributed by atoms with Gasteiger partial charge in [-0.3, -0.25) is 9.78 Å². The topological polar surface area (TPSA) is 68.0 Å². The fraction of sp³-hybridized carbons (Fsp3) is 0.412. The van der Waals surface area contributed by atoms with Crippen LogP contribution in [0.5, 0.6) is 0 Å². The SMILES string of the molecule is NC1CCCCC1CC(=O)Nc1cnc2ccccc2c1. The number of nitrogens with two attached hydrogens (primary N) is 1. The molecule has 3 rings (SSSR count). The summed E-state index contributed by atoms with van der Waals surface area (Å²) in [6.07, 6.45) is 6.69. The molecule has 1 saturated carbocycles. The molecule has 110 valence electrons. The molecule has 1 aromatic heterocycles. The molecule has 1 aliphatic carbocycles. The lowest BCUT2D eigenvalue weighted by molar-refractivity contribution is -0.117. The van der Waals surface area contributed by atoms with E-state index in [1.165, 1.54) is 12.8 Å². The fourth-order valence-electron chi connectivity index (χ4n) is 3.08. The number of nitrogens with one attached hydrogen (secondary N) is 1. The summed E-state index contributed by atoms with van der Waals surface area (Å²) < 4.78 is 0. The molecule has 4 heteroatoms. The Morgan fingerprint density at radius 3 is 2.95 bits per heavy atom. The van der Waals surface area contributed by atoms with E-state index < -0.39 is 0 Å². The third-order valence-corrected chi connectivity index (χ3v) is 4.29. The van der Waals surface area contributed by atoms with Crippen LogP contribution in [0.15, 0.2) is 36.5 Å². The van der Waals surface area contributed by atoms with E-state index in [-0.39, 0.29) is 11.9 Å². The van der Waals surface area contributed by atoms with Gasteiger partial charge in [-0.05, 0) is 30.9 Å².